The first kappa shape index (κ1) is 24.7. The van der Waals surface area contributed by atoms with Crippen LogP contribution in [0.4, 0.5) is 0 Å². The van der Waals surface area contributed by atoms with Crippen molar-refractivity contribution in [2.45, 2.75) is 50.7 Å². The van der Waals surface area contributed by atoms with Gasteiger partial charge in [-0.1, -0.05) is 35.9 Å². The molecule has 0 spiro atoms. The average Bonchev–Trinajstić information content (AvgIpc) is 2.92. The molecule has 1 heterocycles. The molecule has 2 aromatic rings. The van der Waals surface area contributed by atoms with Gasteiger partial charge in [0.2, 0.25) is 11.8 Å². The number of hydrogen-bond donors (Lipinski definition) is 1. The van der Waals surface area contributed by atoms with Crippen LogP contribution in [0.3, 0.4) is 0 Å². The van der Waals surface area contributed by atoms with E-state index in [-0.39, 0.29) is 17.0 Å². The summed E-state index contributed by atoms with van der Waals surface area (Å²) in [5.41, 5.74) is 0.186. The number of carbonyl (C=O) groups excluding carboxylic acids is 3. The highest BCUT2D eigenvalue weighted by molar-refractivity contribution is 7.90. The first-order valence-corrected chi connectivity index (χ1v) is 12.1. The molecule has 176 valence electrons. The lowest BCUT2D eigenvalue weighted by Gasteiger charge is -2.32. The van der Waals surface area contributed by atoms with E-state index < -0.39 is 45.9 Å². The number of halogens is 1. The molecule has 3 amide bonds. The van der Waals surface area contributed by atoms with E-state index in [2.05, 4.69) is 5.32 Å². The van der Waals surface area contributed by atoms with Crippen LogP contribution in [-0.2, 0) is 26.2 Å². The van der Waals surface area contributed by atoms with Crippen molar-refractivity contribution in [3.63, 3.8) is 0 Å². The van der Waals surface area contributed by atoms with E-state index in [0.29, 0.717) is 14.9 Å². The van der Waals surface area contributed by atoms with Crippen LogP contribution in [0.5, 0.6) is 0 Å². The van der Waals surface area contributed by atoms with Crippen molar-refractivity contribution in [1.82, 2.24) is 14.5 Å². The third kappa shape index (κ3) is 5.36. The van der Waals surface area contributed by atoms with Crippen LogP contribution in [0.15, 0.2) is 53.4 Å². The van der Waals surface area contributed by atoms with Gasteiger partial charge in [-0.05, 0) is 57.5 Å². The zero-order valence-corrected chi connectivity index (χ0v) is 20.4. The fourth-order valence-corrected chi connectivity index (χ4v) is 5.09. The Kier molecular flexibility index (Phi) is 6.85. The summed E-state index contributed by atoms with van der Waals surface area (Å²) in [7, 11) is -4.16. The van der Waals surface area contributed by atoms with Gasteiger partial charge in [0.15, 0.2) is 0 Å². The molecule has 0 bridgehead atoms. The first-order chi connectivity index (χ1) is 15.3. The number of nitrogens with zero attached hydrogens (tertiary/aromatic N) is 2. The molecule has 1 unspecified atom stereocenters. The molecule has 33 heavy (non-hydrogen) atoms. The van der Waals surface area contributed by atoms with Crippen LogP contribution < -0.4 is 5.32 Å². The average molecular weight is 492 g/mol. The maximum Gasteiger partial charge on any atom is 0.269 e. The number of carbonyl (C=O) groups is 3. The molecule has 1 aliphatic rings. The van der Waals surface area contributed by atoms with Crippen LogP contribution in [0.2, 0.25) is 5.02 Å². The van der Waals surface area contributed by atoms with Crippen LogP contribution in [0.25, 0.3) is 0 Å². The van der Waals surface area contributed by atoms with E-state index in [1.54, 1.807) is 37.3 Å². The summed E-state index contributed by atoms with van der Waals surface area (Å²) in [6.07, 6.45) is 0. The van der Waals surface area contributed by atoms with Gasteiger partial charge in [0.1, 0.15) is 17.5 Å². The maximum atomic E-state index is 13.3. The molecular weight excluding hydrogens is 466 g/mol. The summed E-state index contributed by atoms with van der Waals surface area (Å²) in [5.74, 6) is -1.84. The van der Waals surface area contributed by atoms with E-state index in [0.717, 1.165) is 0 Å². The summed E-state index contributed by atoms with van der Waals surface area (Å²) in [6, 6.07) is 11.6. The molecule has 0 fully saturated rings. The van der Waals surface area contributed by atoms with E-state index in [9.17, 15) is 22.8 Å². The van der Waals surface area contributed by atoms with Crippen molar-refractivity contribution < 1.29 is 22.8 Å². The van der Waals surface area contributed by atoms with E-state index in [1.807, 2.05) is 20.8 Å². The summed E-state index contributed by atoms with van der Waals surface area (Å²) in [6.45, 7) is 6.32. The summed E-state index contributed by atoms with van der Waals surface area (Å²) < 4.78 is 26.3. The number of nitrogens with one attached hydrogen (secondary N) is 1. The Bertz CT molecular complexity index is 1190. The summed E-state index contributed by atoms with van der Waals surface area (Å²) >= 11 is 5.95. The predicted molar refractivity (Wildman–Crippen MR) is 124 cm³/mol. The van der Waals surface area contributed by atoms with Gasteiger partial charge < -0.3 is 10.2 Å². The van der Waals surface area contributed by atoms with Crippen molar-refractivity contribution in [1.29, 1.82) is 0 Å². The SMILES string of the molecule is CC(C(=O)NC(C)(C)C)N(Cc1ccc(Cl)cc1)C(=O)CN1C(=O)c2ccccc2S1(=O)=O. The molecule has 0 aliphatic carbocycles. The number of benzene rings is 2. The molecule has 1 N–H and O–H groups in total. The highest BCUT2D eigenvalue weighted by Gasteiger charge is 2.43. The minimum absolute atomic E-state index is 0.0214. The maximum absolute atomic E-state index is 13.3. The van der Waals surface area contributed by atoms with Crippen LogP contribution in [0, 0.1) is 0 Å². The number of sulfonamides is 1. The fourth-order valence-electron chi connectivity index (χ4n) is 3.44. The van der Waals surface area contributed by atoms with Crippen molar-refractivity contribution >= 4 is 39.3 Å². The number of fused-ring (bicyclic) bond motifs is 1. The highest BCUT2D eigenvalue weighted by atomic mass is 35.5. The molecule has 0 saturated heterocycles. The largest absolute Gasteiger partial charge is 0.350 e. The molecule has 10 heteroatoms. The monoisotopic (exact) mass is 491 g/mol. The van der Waals surface area contributed by atoms with Crippen LogP contribution in [-0.4, -0.2) is 53.5 Å². The third-order valence-corrected chi connectivity index (χ3v) is 7.16. The standard InChI is InChI=1S/C23H26ClN3O5S/c1-15(21(29)25-23(2,3)4)26(13-16-9-11-17(24)12-10-16)20(28)14-27-22(30)18-7-5-6-8-19(18)33(27,31)32/h5-12,15H,13-14H2,1-4H3,(H,25,29). The van der Waals surface area contributed by atoms with Crippen molar-refractivity contribution in [3.8, 4) is 0 Å². The lowest BCUT2D eigenvalue weighted by atomic mass is 10.1. The van der Waals surface area contributed by atoms with E-state index in [4.69, 9.17) is 11.6 Å². The molecule has 1 aliphatic heterocycles. The Labute approximate surface area is 198 Å². The zero-order chi connectivity index (χ0) is 24.6. The lowest BCUT2D eigenvalue weighted by molar-refractivity contribution is -0.141. The van der Waals surface area contributed by atoms with Crippen molar-refractivity contribution in [3.05, 3.63) is 64.7 Å². The second kappa shape index (κ2) is 9.15. The van der Waals surface area contributed by atoms with Gasteiger partial charge in [-0.2, -0.15) is 0 Å². The summed E-state index contributed by atoms with van der Waals surface area (Å²) in [4.78, 5) is 40.0. The Hall–Kier alpha value is -2.91. The smallest absolute Gasteiger partial charge is 0.269 e. The van der Waals surface area contributed by atoms with Crippen LogP contribution in [0.1, 0.15) is 43.6 Å². The normalized spacial score (nSPS) is 15.7. The first-order valence-electron chi connectivity index (χ1n) is 10.3. The van der Waals surface area contributed by atoms with Gasteiger partial charge in [-0.25, -0.2) is 12.7 Å². The van der Waals surface area contributed by atoms with Crippen LogP contribution >= 0.6 is 11.6 Å². The Morgan fingerprint density at radius 3 is 2.27 bits per heavy atom. The van der Waals surface area contributed by atoms with Gasteiger partial charge in [0.05, 0.1) is 5.56 Å². The van der Waals surface area contributed by atoms with Crippen molar-refractivity contribution in [2.24, 2.45) is 0 Å². The van der Waals surface area contributed by atoms with Gasteiger partial charge in [0.25, 0.3) is 15.9 Å². The number of amides is 3. The fraction of sp³-hybridized carbons (Fsp3) is 0.348. The minimum atomic E-state index is -4.16. The molecule has 0 aromatic heterocycles. The molecular formula is C23H26ClN3O5S. The highest BCUT2D eigenvalue weighted by Crippen LogP contribution is 2.30. The zero-order valence-electron chi connectivity index (χ0n) is 18.8. The predicted octanol–water partition coefficient (Wildman–Crippen LogP) is 2.82. The molecule has 2 aromatic carbocycles. The minimum Gasteiger partial charge on any atom is -0.350 e. The molecule has 3 rings (SSSR count). The Balaban J connectivity index is 1.89. The quantitative estimate of drug-likeness (QED) is 0.669. The summed E-state index contributed by atoms with van der Waals surface area (Å²) in [5, 5.41) is 3.34. The number of rotatable bonds is 6. The van der Waals surface area contributed by atoms with Gasteiger partial charge in [0, 0.05) is 17.1 Å². The molecule has 0 radical (unpaired) electrons. The second-order valence-electron chi connectivity index (χ2n) is 8.88. The lowest BCUT2D eigenvalue weighted by Crippen LogP contribution is -2.54. The molecule has 8 nitrogen and oxygen atoms in total. The molecule has 1 atom stereocenters. The van der Waals surface area contributed by atoms with Gasteiger partial charge >= 0.3 is 0 Å². The van der Waals surface area contributed by atoms with Gasteiger partial charge in [-0.3, -0.25) is 14.4 Å². The van der Waals surface area contributed by atoms with Gasteiger partial charge in [-0.15, -0.1) is 0 Å². The van der Waals surface area contributed by atoms with E-state index >= 15 is 0 Å². The topological polar surface area (TPSA) is 104 Å². The molecule has 0 saturated carbocycles. The Morgan fingerprint density at radius 1 is 1.09 bits per heavy atom. The number of hydrogen-bond acceptors (Lipinski definition) is 5. The van der Waals surface area contributed by atoms with E-state index in [1.165, 1.54) is 23.1 Å². The second-order valence-corrected chi connectivity index (χ2v) is 11.1. The third-order valence-electron chi connectivity index (χ3n) is 5.12. The Morgan fingerprint density at radius 2 is 1.70 bits per heavy atom. The van der Waals surface area contributed by atoms with Crippen molar-refractivity contribution in [2.75, 3.05) is 6.54 Å².